The molecule has 4 rings (SSSR count). The van der Waals surface area contributed by atoms with Crippen molar-refractivity contribution in [2.24, 2.45) is 0 Å². The quantitative estimate of drug-likeness (QED) is 0.248. The Morgan fingerprint density at radius 3 is 2.75 bits per heavy atom. The number of esters is 1. The Bertz CT molecular complexity index is 1270. The summed E-state index contributed by atoms with van der Waals surface area (Å²) in [6.07, 6.45) is 0. The van der Waals surface area contributed by atoms with E-state index in [1.807, 2.05) is 66.0 Å². The van der Waals surface area contributed by atoms with E-state index in [0.29, 0.717) is 33.7 Å². The van der Waals surface area contributed by atoms with E-state index in [1.165, 1.54) is 23.1 Å². The fourth-order valence-electron chi connectivity index (χ4n) is 2.96. The highest BCUT2D eigenvalue weighted by molar-refractivity contribution is 8.04. The zero-order valence-corrected chi connectivity index (χ0v) is 18.8. The smallest absolute Gasteiger partial charge is 0.316 e. The molecule has 32 heavy (non-hydrogen) atoms. The number of nitrogens with one attached hydrogen (secondary N) is 1. The molecule has 2 aromatic heterocycles. The van der Waals surface area contributed by atoms with Crippen LogP contribution in [0.15, 0.2) is 75.5 Å². The fraction of sp³-hybridized carbons (Fsp3) is 0.125. The van der Waals surface area contributed by atoms with E-state index in [1.54, 1.807) is 6.92 Å². The number of nitriles is 1. The summed E-state index contributed by atoms with van der Waals surface area (Å²) in [7, 11) is 0. The molecule has 0 amide bonds. The van der Waals surface area contributed by atoms with Crippen LogP contribution in [0.5, 0.6) is 0 Å². The molecule has 160 valence electrons. The van der Waals surface area contributed by atoms with Crippen molar-refractivity contribution in [1.82, 2.24) is 4.98 Å². The number of allylic oxidation sites excluding steroid dienone is 1. The Balaban J connectivity index is 1.67. The highest BCUT2D eigenvalue weighted by Crippen LogP contribution is 2.34. The second-order valence-electron chi connectivity index (χ2n) is 6.59. The van der Waals surface area contributed by atoms with Crippen LogP contribution in [-0.4, -0.2) is 23.3 Å². The molecule has 0 aliphatic heterocycles. The van der Waals surface area contributed by atoms with E-state index in [9.17, 15) is 10.1 Å². The van der Waals surface area contributed by atoms with Gasteiger partial charge in [-0.25, -0.2) is 4.98 Å². The third-order valence-electron chi connectivity index (χ3n) is 4.41. The van der Waals surface area contributed by atoms with Gasteiger partial charge >= 0.3 is 5.97 Å². The molecule has 0 fully saturated rings. The van der Waals surface area contributed by atoms with Crippen LogP contribution in [0.2, 0.25) is 0 Å². The van der Waals surface area contributed by atoms with Gasteiger partial charge in [0.25, 0.3) is 0 Å². The van der Waals surface area contributed by atoms with E-state index in [-0.39, 0.29) is 11.7 Å². The van der Waals surface area contributed by atoms with Crippen LogP contribution in [0.1, 0.15) is 11.9 Å². The number of thioether (sulfide) groups is 1. The third-order valence-corrected chi connectivity index (χ3v) is 6.24. The summed E-state index contributed by atoms with van der Waals surface area (Å²) in [5, 5.41) is 17.1. The van der Waals surface area contributed by atoms with Crippen LogP contribution in [0.25, 0.3) is 28.0 Å². The Hall–Kier alpha value is -3.54. The highest BCUT2D eigenvalue weighted by atomic mass is 32.2. The third kappa shape index (κ3) is 5.02. The number of carbonyl (C=O) groups excluding carboxylic acids is 1. The first kappa shape index (κ1) is 21.7. The average molecular weight is 462 g/mol. The summed E-state index contributed by atoms with van der Waals surface area (Å²) in [6, 6.07) is 21.4. The number of hydrogen-bond donors (Lipinski definition) is 1. The lowest BCUT2D eigenvalue weighted by atomic mass is 10.2. The Labute approximate surface area is 193 Å². The van der Waals surface area contributed by atoms with Crippen LogP contribution in [0.4, 0.5) is 5.69 Å². The molecule has 4 aromatic rings. The molecule has 0 saturated heterocycles. The number of thiazole rings is 1. The average Bonchev–Trinajstić information content (AvgIpc) is 3.46. The molecule has 0 aliphatic carbocycles. The number of hydrogen-bond acceptors (Lipinski definition) is 8. The minimum Gasteiger partial charge on any atom is -0.465 e. The van der Waals surface area contributed by atoms with Crippen molar-refractivity contribution in [2.45, 2.75) is 6.92 Å². The first-order chi connectivity index (χ1) is 15.7. The maximum Gasteiger partial charge on any atom is 0.316 e. The summed E-state index contributed by atoms with van der Waals surface area (Å²) in [4.78, 5) is 16.6. The van der Waals surface area contributed by atoms with Crippen molar-refractivity contribution < 1.29 is 13.9 Å². The topological polar surface area (TPSA) is 88.1 Å². The minimum absolute atomic E-state index is 0.0794. The van der Waals surface area contributed by atoms with Crippen molar-refractivity contribution in [3.63, 3.8) is 0 Å². The van der Waals surface area contributed by atoms with Gasteiger partial charge in [0.1, 0.15) is 27.9 Å². The summed E-state index contributed by atoms with van der Waals surface area (Å²) in [5.41, 5.74) is 2.60. The van der Waals surface area contributed by atoms with Crippen LogP contribution in [0, 0.1) is 11.3 Å². The van der Waals surface area contributed by atoms with Gasteiger partial charge in [0.05, 0.1) is 17.4 Å². The van der Waals surface area contributed by atoms with E-state index < -0.39 is 0 Å². The number of aromatic nitrogens is 1. The molecule has 0 saturated carbocycles. The largest absolute Gasteiger partial charge is 0.465 e. The van der Waals surface area contributed by atoms with Crippen molar-refractivity contribution >= 4 is 51.3 Å². The summed E-state index contributed by atoms with van der Waals surface area (Å²) >= 11 is 2.56. The van der Waals surface area contributed by atoms with E-state index in [4.69, 9.17) is 9.15 Å². The molecular weight excluding hydrogens is 442 g/mol. The van der Waals surface area contributed by atoms with E-state index in [0.717, 1.165) is 16.7 Å². The van der Waals surface area contributed by atoms with Gasteiger partial charge in [0.2, 0.25) is 0 Å². The predicted molar refractivity (Wildman–Crippen MR) is 129 cm³/mol. The molecule has 2 aromatic carbocycles. The van der Waals surface area contributed by atoms with Crippen molar-refractivity contribution in [3.8, 4) is 17.5 Å². The number of para-hydroxylation sites is 2. The molecule has 0 radical (unpaired) electrons. The summed E-state index contributed by atoms with van der Waals surface area (Å²) in [6.45, 7) is 2.07. The van der Waals surface area contributed by atoms with E-state index >= 15 is 0 Å². The lowest BCUT2D eigenvalue weighted by Gasteiger charge is -2.12. The van der Waals surface area contributed by atoms with Crippen LogP contribution in [0.3, 0.4) is 0 Å². The Morgan fingerprint density at radius 1 is 1.22 bits per heavy atom. The maximum atomic E-state index is 11.9. The zero-order chi connectivity index (χ0) is 22.3. The molecule has 0 aliphatic rings. The number of ether oxygens (including phenoxy) is 1. The summed E-state index contributed by atoms with van der Waals surface area (Å²) in [5.74, 6) is 0.377. The van der Waals surface area contributed by atoms with E-state index in [2.05, 4.69) is 16.4 Å². The van der Waals surface area contributed by atoms with Gasteiger partial charge in [-0.1, -0.05) is 48.2 Å². The number of carbonyl (C=O) groups is 1. The molecular formula is C24H19N3O3S2. The van der Waals surface area contributed by atoms with Gasteiger partial charge < -0.3 is 14.5 Å². The molecule has 0 spiro atoms. The number of furan rings is 1. The Morgan fingerprint density at radius 2 is 2.00 bits per heavy atom. The summed E-state index contributed by atoms with van der Waals surface area (Å²) < 4.78 is 10.9. The van der Waals surface area contributed by atoms with Gasteiger partial charge in [-0.2, -0.15) is 5.26 Å². The standard InChI is InChI=1S/C24H19N3O3S2/c1-2-29-22(28)15-32-23(26-17-9-4-3-5-10-17)18(13-25)24-27-19(14-31-24)21-12-16-8-6-7-11-20(16)30-21/h3-12,14,26H,2,15H2,1H3/b23-18-. The SMILES string of the molecule is CCOC(=O)CS/C(Nc1ccccc1)=C(/C#N)c1nc(-c2cc3ccccc3o2)cs1. The first-order valence-electron chi connectivity index (χ1n) is 9.87. The number of rotatable bonds is 8. The first-order valence-corrected chi connectivity index (χ1v) is 11.7. The van der Waals surface area contributed by atoms with Crippen molar-refractivity contribution in [3.05, 3.63) is 76.1 Å². The molecule has 2 heterocycles. The van der Waals surface area contributed by atoms with Gasteiger partial charge in [-0.3, -0.25) is 4.79 Å². The van der Waals surface area contributed by atoms with Crippen LogP contribution in [-0.2, 0) is 9.53 Å². The second kappa shape index (κ2) is 10.2. The lowest BCUT2D eigenvalue weighted by Crippen LogP contribution is -2.09. The zero-order valence-electron chi connectivity index (χ0n) is 17.2. The number of benzene rings is 2. The maximum absolute atomic E-state index is 11.9. The molecule has 0 atom stereocenters. The van der Waals surface area contributed by atoms with Crippen molar-refractivity contribution in [1.29, 1.82) is 5.26 Å². The van der Waals surface area contributed by atoms with Crippen LogP contribution >= 0.6 is 23.1 Å². The van der Waals surface area contributed by atoms with Crippen molar-refractivity contribution in [2.75, 3.05) is 17.7 Å². The number of nitrogens with zero attached hydrogens (tertiary/aromatic N) is 2. The Kier molecular flexibility index (Phi) is 6.90. The monoisotopic (exact) mass is 461 g/mol. The van der Waals surface area contributed by atoms with Crippen LogP contribution < -0.4 is 5.32 Å². The van der Waals surface area contributed by atoms with Gasteiger partial charge in [-0.15, -0.1) is 11.3 Å². The number of anilines is 1. The molecule has 8 heteroatoms. The fourth-order valence-corrected chi connectivity index (χ4v) is 4.66. The molecule has 0 unspecified atom stereocenters. The lowest BCUT2D eigenvalue weighted by molar-refractivity contribution is -0.139. The number of fused-ring (bicyclic) bond motifs is 1. The predicted octanol–water partition coefficient (Wildman–Crippen LogP) is 6.16. The van der Waals surface area contributed by atoms with Gasteiger partial charge in [0.15, 0.2) is 5.76 Å². The highest BCUT2D eigenvalue weighted by Gasteiger charge is 2.18. The normalized spacial score (nSPS) is 11.6. The second-order valence-corrected chi connectivity index (χ2v) is 8.43. The molecule has 1 N–H and O–H groups in total. The van der Waals surface area contributed by atoms with Gasteiger partial charge in [-0.05, 0) is 31.2 Å². The van der Waals surface area contributed by atoms with Gasteiger partial charge in [0, 0.05) is 16.5 Å². The minimum atomic E-state index is -0.343. The molecule has 0 bridgehead atoms. The molecule has 6 nitrogen and oxygen atoms in total.